The van der Waals surface area contributed by atoms with Crippen LogP contribution in [0.1, 0.15) is 0 Å². The number of rotatable bonds is 0. The molecule has 0 saturated heterocycles. The Kier molecular flexibility index (Phi) is 1.81. The van der Waals surface area contributed by atoms with E-state index < -0.39 is 0 Å². The van der Waals surface area contributed by atoms with Gasteiger partial charge in [-0.25, -0.2) is 0 Å². The molecule has 0 aliphatic carbocycles. The lowest BCUT2D eigenvalue weighted by Gasteiger charge is -2.25. The topological polar surface area (TPSA) is 12.0 Å². The average molecular weight is 193 g/mol. The van der Waals surface area contributed by atoms with Crippen LogP contribution >= 0.6 is 0 Å². The first kappa shape index (κ1) is 8.60. The highest BCUT2D eigenvalue weighted by Crippen LogP contribution is 2.30. The van der Waals surface area contributed by atoms with Crippen LogP contribution in [-0.4, -0.2) is 6.85 Å². The fraction of sp³-hybridized carbons (Fsp3) is 0.0769. The van der Waals surface area contributed by atoms with Crippen LogP contribution in [0.4, 0.5) is 5.69 Å². The van der Waals surface area contributed by atoms with E-state index in [1.54, 1.807) is 0 Å². The third-order valence-corrected chi connectivity index (χ3v) is 3.02. The molecule has 1 nitrogen and oxygen atoms in total. The molecule has 0 saturated carbocycles. The van der Waals surface area contributed by atoms with Gasteiger partial charge in [0.25, 0.3) is 6.85 Å². The second kappa shape index (κ2) is 3.16. The van der Waals surface area contributed by atoms with Gasteiger partial charge < -0.3 is 5.23 Å². The molecule has 0 atom stereocenters. The van der Waals surface area contributed by atoms with Crippen molar-refractivity contribution in [2.24, 2.45) is 0 Å². The lowest BCUT2D eigenvalue weighted by molar-refractivity contribution is 1.57. The van der Waals surface area contributed by atoms with Gasteiger partial charge in [0.15, 0.2) is 0 Å². The number of hydrogen-bond acceptors (Lipinski definition) is 1. The van der Waals surface area contributed by atoms with E-state index in [-0.39, 0.29) is 0 Å². The van der Waals surface area contributed by atoms with Crippen molar-refractivity contribution in [1.82, 2.24) is 0 Å². The molecule has 1 N–H and O–H groups in total. The molecule has 1 aliphatic heterocycles. The molecule has 0 amide bonds. The third kappa shape index (κ3) is 1.25. The summed E-state index contributed by atoms with van der Waals surface area (Å²) in [5, 5.41) is 3.52. The molecule has 2 aromatic carbocycles. The minimum Gasteiger partial charge on any atom is -0.424 e. The monoisotopic (exact) mass is 193 g/mol. The number of hydrogen-bond donors (Lipinski definition) is 1. The Balaban J connectivity index is 2.30. The number of fused-ring (bicyclic) bond motifs is 3. The SMILES string of the molecule is CB1Nc2ccccc2-c2ccccc21. The van der Waals surface area contributed by atoms with Gasteiger partial charge in [-0.3, -0.25) is 0 Å². The van der Waals surface area contributed by atoms with E-state index in [1.165, 1.54) is 22.3 Å². The number of para-hydroxylation sites is 1. The normalized spacial score (nSPS) is 12.7. The summed E-state index contributed by atoms with van der Waals surface area (Å²) in [7, 11) is 0. The molecule has 0 bridgehead atoms. The minimum absolute atomic E-state index is 0.399. The summed E-state index contributed by atoms with van der Waals surface area (Å²) in [4.78, 5) is 0. The predicted molar refractivity (Wildman–Crippen MR) is 66.8 cm³/mol. The van der Waals surface area contributed by atoms with E-state index in [0.717, 1.165) is 0 Å². The maximum absolute atomic E-state index is 3.52. The summed E-state index contributed by atoms with van der Waals surface area (Å²) >= 11 is 0. The van der Waals surface area contributed by atoms with E-state index in [0.29, 0.717) is 6.85 Å². The highest BCUT2D eigenvalue weighted by molar-refractivity contribution is 6.77. The van der Waals surface area contributed by atoms with Gasteiger partial charge in [-0.05, 0) is 17.1 Å². The zero-order valence-electron chi connectivity index (χ0n) is 8.70. The van der Waals surface area contributed by atoms with Crippen LogP contribution < -0.4 is 10.7 Å². The van der Waals surface area contributed by atoms with Gasteiger partial charge in [0.1, 0.15) is 0 Å². The van der Waals surface area contributed by atoms with Crippen molar-refractivity contribution in [2.45, 2.75) is 6.82 Å². The van der Waals surface area contributed by atoms with Crippen LogP contribution in [-0.2, 0) is 0 Å². The average Bonchev–Trinajstić information content (AvgIpc) is 2.30. The van der Waals surface area contributed by atoms with Crippen LogP contribution in [0.3, 0.4) is 0 Å². The molecule has 1 heterocycles. The summed E-state index contributed by atoms with van der Waals surface area (Å²) in [6.07, 6.45) is 0. The second-order valence-corrected chi connectivity index (χ2v) is 4.00. The van der Waals surface area contributed by atoms with E-state index >= 15 is 0 Å². The fourth-order valence-corrected chi connectivity index (χ4v) is 2.27. The lowest BCUT2D eigenvalue weighted by Crippen LogP contribution is -2.39. The maximum Gasteiger partial charge on any atom is 0.283 e. The Labute approximate surface area is 90.2 Å². The first-order valence-electron chi connectivity index (χ1n) is 5.31. The molecular formula is C13H12BN. The number of anilines is 1. The Morgan fingerprint density at radius 3 is 2.40 bits per heavy atom. The molecule has 3 rings (SSSR count). The van der Waals surface area contributed by atoms with Crippen molar-refractivity contribution in [3.05, 3.63) is 48.5 Å². The summed E-state index contributed by atoms with van der Waals surface area (Å²) in [5.74, 6) is 0. The molecule has 2 heteroatoms. The van der Waals surface area contributed by atoms with Crippen LogP contribution in [0, 0.1) is 0 Å². The van der Waals surface area contributed by atoms with Crippen molar-refractivity contribution in [1.29, 1.82) is 0 Å². The molecule has 0 fully saturated rings. The van der Waals surface area contributed by atoms with Gasteiger partial charge in [-0.1, -0.05) is 49.3 Å². The molecule has 0 aromatic heterocycles. The van der Waals surface area contributed by atoms with Crippen LogP contribution in [0.2, 0.25) is 6.82 Å². The van der Waals surface area contributed by atoms with Crippen molar-refractivity contribution in [2.75, 3.05) is 5.23 Å². The summed E-state index contributed by atoms with van der Waals surface area (Å²) < 4.78 is 0. The first-order valence-corrected chi connectivity index (χ1v) is 5.31. The third-order valence-electron chi connectivity index (χ3n) is 3.02. The van der Waals surface area contributed by atoms with Crippen molar-refractivity contribution < 1.29 is 0 Å². The molecule has 15 heavy (non-hydrogen) atoms. The molecule has 2 aromatic rings. The van der Waals surface area contributed by atoms with E-state index in [4.69, 9.17) is 0 Å². The highest BCUT2D eigenvalue weighted by Gasteiger charge is 2.22. The second-order valence-electron chi connectivity index (χ2n) is 4.00. The Bertz CT molecular complexity index is 507. The van der Waals surface area contributed by atoms with Crippen LogP contribution in [0.25, 0.3) is 11.1 Å². The molecule has 1 aliphatic rings. The maximum atomic E-state index is 3.52. The number of nitrogens with one attached hydrogen (secondary N) is 1. The van der Waals surface area contributed by atoms with Gasteiger partial charge in [0.2, 0.25) is 0 Å². The number of benzene rings is 2. The fourth-order valence-electron chi connectivity index (χ4n) is 2.27. The molecule has 0 spiro atoms. The standard InChI is InChI=1S/C13H12BN/c1-14-12-8-4-2-6-10(12)11-7-3-5-9-13(11)15-14/h2-9,15H,1H3. The van der Waals surface area contributed by atoms with Crippen LogP contribution in [0.5, 0.6) is 0 Å². The minimum atomic E-state index is 0.399. The molecule has 0 radical (unpaired) electrons. The van der Waals surface area contributed by atoms with E-state index in [1.807, 2.05) is 0 Å². The van der Waals surface area contributed by atoms with Gasteiger partial charge >= 0.3 is 0 Å². The first-order chi connectivity index (χ1) is 7.36. The van der Waals surface area contributed by atoms with E-state index in [9.17, 15) is 0 Å². The smallest absolute Gasteiger partial charge is 0.283 e. The molecule has 72 valence electrons. The Hall–Kier alpha value is -1.70. The summed E-state index contributed by atoms with van der Waals surface area (Å²) in [5.41, 5.74) is 5.30. The molecule has 0 unspecified atom stereocenters. The highest BCUT2D eigenvalue weighted by atomic mass is 14.8. The largest absolute Gasteiger partial charge is 0.424 e. The summed E-state index contributed by atoms with van der Waals surface area (Å²) in [6, 6.07) is 17.1. The van der Waals surface area contributed by atoms with Crippen LogP contribution in [0.15, 0.2) is 48.5 Å². The van der Waals surface area contributed by atoms with Crippen molar-refractivity contribution in [3.8, 4) is 11.1 Å². The van der Waals surface area contributed by atoms with Crippen molar-refractivity contribution in [3.63, 3.8) is 0 Å². The Morgan fingerprint density at radius 1 is 0.867 bits per heavy atom. The van der Waals surface area contributed by atoms with Gasteiger partial charge in [-0.15, -0.1) is 0 Å². The van der Waals surface area contributed by atoms with E-state index in [2.05, 4.69) is 60.6 Å². The summed E-state index contributed by atoms with van der Waals surface area (Å²) in [6.45, 7) is 2.60. The van der Waals surface area contributed by atoms with Gasteiger partial charge in [-0.2, -0.15) is 0 Å². The van der Waals surface area contributed by atoms with Crippen molar-refractivity contribution >= 4 is 18.0 Å². The lowest BCUT2D eigenvalue weighted by atomic mass is 9.54. The molecular weight excluding hydrogens is 181 g/mol. The quantitative estimate of drug-likeness (QED) is 0.634. The Morgan fingerprint density at radius 2 is 1.53 bits per heavy atom. The van der Waals surface area contributed by atoms with Gasteiger partial charge in [0, 0.05) is 11.3 Å². The van der Waals surface area contributed by atoms with Gasteiger partial charge in [0.05, 0.1) is 0 Å². The predicted octanol–water partition coefficient (Wildman–Crippen LogP) is 2.61. The zero-order chi connectivity index (χ0) is 10.3. The zero-order valence-corrected chi connectivity index (χ0v) is 8.70.